The molecule has 0 aliphatic rings. The fraction of sp³-hybridized carbons (Fsp3) is 0. The monoisotopic (exact) mass is 717 g/mol. The number of rotatable bonds is 5. The highest BCUT2D eigenvalue weighted by Crippen LogP contribution is 2.41. The molecule has 0 radical (unpaired) electrons. The Morgan fingerprint density at radius 3 is 1.70 bits per heavy atom. The lowest BCUT2D eigenvalue weighted by Gasteiger charge is -2.14. The van der Waals surface area contributed by atoms with E-state index < -0.39 is 0 Å². The number of fused-ring (bicyclic) bond motifs is 10. The summed E-state index contributed by atoms with van der Waals surface area (Å²) in [5, 5.41) is 16.5. The number of benzene rings is 8. The van der Waals surface area contributed by atoms with Gasteiger partial charge in [-0.05, 0) is 66.7 Å². The minimum absolute atomic E-state index is 0.782. The lowest BCUT2D eigenvalue weighted by atomic mass is 10.1. The van der Waals surface area contributed by atoms with E-state index in [2.05, 4.69) is 171 Å². The third kappa shape index (κ3) is 4.44. The summed E-state index contributed by atoms with van der Waals surface area (Å²) in [5.74, 6) is 1.58. The lowest BCUT2D eigenvalue weighted by Crippen LogP contribution is -2.01. The molecular formula is C50H31N5O. The van der Waals surface area contributed by atoms with Gasteiger partial charge in [-0.25, -0.2) is 0 Å². The van der Waals surface area contributed by atoms with Crippen LogP contribution in [0.3, 0.4) is 0 Å². The van der Waals surface area contributed by atoms with Crippen molar-refractivity contribution in [2.75, 3.05) is 0 Å². The van der Waals surface area contributed by atoms with E-state index in [0.717, 1.165) is 94.6 Å². The quantitative estimate of drug-likeness (QED) is 0.178. The molecule has 0 bridgehead atoms. The van der Waals surface area contributed by atoms with E-state index in [9.17, 15) is 0 Å². The maximum atomic E-state index is 6.58. The molecule has 6 heteroatoms. The Bertz CT molecular complexity index is 3480. The van der Waals surface area contributed by atoms with E-state index in [4.69, 9.17) is 14.6 Å². The zero-order valence-corrected chi connectivity index (χ0v) is 30.0. The van der Waals surface area contributed by atoms with Crippen LogP contribution in [0.1, 0.15) is 0 Å². The van der Waals surface area contributed by atoms with Crippen LogP contribution in [0.2, 0.25) is 0 Å². The summed E-state index contributed by atoms with van der Waals surface area (Å²) < 4.78 is 13.5. The molecule has 0 unspecified atom stereocenters. The molecule has 4 heterocycles. The first-order valence-electron chi connectivity index (χ1n) is 18.8. The van der Waals surface area contributed by atoms with Crippen molar-refractivity contribution in [2.24, 2.45) is 0 Å². The highest BCUT2D eigenvalue weighted by atomic mass is 16.3. The smallest absolute Gasteiger partial charge is 0.168 e. The highest BCUT2D eigenvalue weighted by molar-refractivity contribution is 6.23. The van der Waals surface area contributed by atoms with Gasteiger partial charge in [0.1, 0.15) is 11.2 Å². The van der Waals surface area contributed by atoms with Crippen LogP contribution >= 0.6 is 0 Å². The molecule has 4 aromatic heterocycles. The molecule has 0 aliphatic heterocycles. The van der Waals surface area contributed by atoms with Crippen molar-refractivity contribution in [3.63, 3.8) is 0 Å². The topological polar surface area (TPSA) is 53.7 Å². The molecule has 0 aliphatic carbocycles. The minimum Gasteiger partial charge on any atom is -0.455 e. The Balaban J connectivity index is 1.08. The van der Waals surface area contributed by atoms with Gasteiger partial charge in [0.05, 0.1) is 27.5 Å². The Hall–Kier alpha value is -7.70. The van der Waals surface area contributed by atoms with Gasteiger partial charge in [-0.2, -0.15) is 0 Å². The third-order valence-electron chi connectivity index (χ3n) is 11.2. The summed E-state index contributed by atoms with van der Waals surface area (Å²) >= 11 is 0. The number of hydrogen-bond donors (Lipinski definition) is 0. The van der Waals surface area contributed by atoms with Crippen LogP contribution in [0.15, 0.2) is 192 Å². The molecule has 12 aromatic rings. The van der Waals surface area contributed by atoms with Gasteiger partial charge in [-0.3, -0.25) is 4.57 Å². The van der Waals surface area contributed by atoms with Crippen molar-refractivity contribution in [3.05, 3.63) is 188 Å². The Kier molecular flexibility index (Phi) is 6.53. The Morgan fingerprint density at radius 2 is 0.911 bits per heavy atom. The molecule has 56 heavy (non-hydrogen) atoms. The van der Waals surface area contributed by atoms with Gasteiger partial charge in [0.25, 0.3) is 0 Å². The van der Waals surface area contributed by atoms with Crippen LogP contribution in [0.4, 0.5) is 0 Å². The molecule has 262 valence electrons. The van der Waals surface area contributed by atoms with Gasteiger partial charge >= 0.3 is 0 Å². The second-order valence-corrected chi connectivity index (χ2v) is 14.3. The van der Waals surface area contributed by atoms with E-state index in [0.29, 0.717) is 0 Å². The zero-order valence-electron chi connectivity index (χ0n) is 30.0. The van der Waals surface area contributed by atoms with Crippen LogP contribution in [0.25, 0.3) is 105 Å². The molecule has 6 nitrogen and oxygen atoms in total. The Labute approximate surface area is 320 Å². The van der Waals surface area contributed by atoms with E-state index in [1.54, 1.807) is 0 Å². The largest absolute Gasteiger partial charge is 0.455 e. The Morgan fingerprint density at radius 1 is 0.339 bits per heavy atom. The van der Waals surface area contributed by atoms with Crippen molar-refractivity contribution in [2.45, 2.75) is 0 Å². The van der Waals surface area contributed by atoms with Crippen molar-refractivity contribution < 1.29 is 4.42 Å². The summed E-state index contributed by atoms with van der Waals surface area (Å²) in [5.41, 5.74) is 11.4. The standard InChI is InChI=1S/C50H31N5O/c1-3-14-32(15-4-1)49-51-52-50(55(49)34-16-5-2-6-17-34)33-26-27-38-37-20-7-10-23-42(37)54(45(38)30-33)36-19-13-18-35(31-36)53-43-24-11-8-22-41(43)47-44(53)29-28-40-39-21-9-12-25-46(39)56-48(40)47/h1-31H. The molecule has 0 amide bonds. The van der Waals surface area contributed by atoms with Crippen molar-refractivity contribution in [1.82, 2.24) is 23.9 Å². The molecule has 0 spiro atoms. The molecule has 0 fully saturated rings. The van der Waals surface area contributed by atoms with Gasteiger partial charge in [0.2, 0.25) is 0 Å². The van der Waals surface area contributed by atoms with E-state index in [1.165, 1.54) is 10.8 Å². The maximum absolute atomic E-state index is 6.58. The summed E-state index contributed by atoms with van der Waals surface area (Å²) in [6.45, 7) is 0. The van der Waals surface area contributed by atoms with E-state index in [-0.39, 0.29) is 0 Å². The average molecular weight is 718 g/mol. The van der Waals surface area contributed by atoms with Crippen LogP contribution in [0.5, 0.6) is 0 Å². The maximum Gasteiger partial charge on any atom is 0.168 e. The van der Waals surface area contributed by atoms with E-state index in [1.807, 2.05) is 30.3 Å². The summed E-state index contributed by atoms with van der Waals surface area (Å²) in [6.07, 6.45) is 0. The second kappa shape index (κ2) is 11.9. The molecule has 8 aromatic carbocycles. The first-order valence-corrected chi connectivity index (χ1v) is 18.8. The fourth-order valence-electron chi connectivity index (χ4n) is 8.74. The predicted octanol–water partition coefficient (Wildman–Crippen LogP) is 12.7. The molecule has 0 atom stereocenters. The SMILES string of the molecule is c1ccc(-c2nnc(-c3ccc4c5ccccc5n(-c5cccc(-n6c7ccccc7c7c8oc9ccccc9c8ccc76)c5)c4c3)n2-c2ccccc2)cc1. The first kappa shape index (κ1) is 30.7. The number of furan rings is 1. The molecule has 0 saturated heterocycles. The molecule has 12 rings (SSSR count). The van der Waals surface area contributed by atoms with Crippen LogP contribution in [-0.2, 0) is 0 Å². The second-order valence-electron chi connectivity index (χ2n) is 14.3. The van der Waals surface area contributed by atoms with Gasteiger partial charge < -0.3 is 13.6 Å². The summed E-state index contributed by atoms with van der Waals surface area (Å²) in [4.78, 5) is 0. The predicted molar refractivity (Wildman–Crippen MR) is 228 cm³/mol. The van der Waals surface area contributed by atoms with Crippen molar-refractivity contribution >= 4 is 65.6 Å². The number of para-hydroxylation sites is 4. The molecular weight excluding hydrogens is 687 g/mol. The minimum atomic E-state index is 0.782. The summed E-state index contributed by atoms with van der Waals surface area (Å²) in [7, 11) is 0. The van der Waals surface area contributed by atoms with Crippen LogP contribution in [0, 0.1) is 0 Å². The normalized spacial score (nSPS) is 11.9. The number of nitrogens with zero attached hydrogens (tertiary/aromatic N) is 5. The van der Waals surface area contributed by atoms with Crippen LogP contribution in [-0.4, -0.2) is 23.9 Å². The molecule has 0 saturated carbocycles. The third-order valence-corrected chi connectivity index (χ3v) is 11.2. The first-order chi connectivity index (χ1) is 27.8. The van der Waals surface area contributed by atoms with Gasteiger partial charge in [0.15, 0.2) is 11.6 Å². The van der Waals surface area contributed by atoms with Gasteiger partial charge in [0, 0.05) is 55.1 Å². The highest BCUT2D eigenvalue weighted by Gasteiger charge is 2.22. The lowest BCUT2D eigenvalue weighted by molar-refractivity contribution is 0.673. The van der Waals surface area contributed by atoms with Crippen LogP contribution < -0.4 is 0 Å². The zero-order chi connectivity index (χ0) is 36.7. The van der Waals surface area contributed by atoms with Crippen molar-refractivity contribution in [3.8, 4) is 39.8 Å². The fourth-order valence-corrected chi connectivity index (χ4v) is 8.74. The van der Waals surface area contributed by atoms with Gasteiger partial charge in [-0.1, -0.05) is 121 Å². The average Bonchev–Trinajstić information content (AvgIpc) is 4.03. The van der Waals surface area contributed by atoms with E-state index >= 15 is 0 Å². The molecule has 0 N–H and O–H groups in total. The number of hydrogen-bond acceptors (Lipinski definition) is 3. The van der Waals surface area contributed by atoms with Crippen molar-refractivity contribution in [1.29, 1.82) is 0 Å². The van der Waals surface area contributed by atoms with Gasteiger partial charge in [-0.15, -0.1) is 10.2 Å². The number of aromatic nitrogens is 5. The summed E-state index contributed by atoms with van der Waals surface area (Å²) in [6, 6.07) is 66.2.